The molecule has 1 spiro atoms. The minimum atomic E-state index is -3.73. The van der Waals surface area contributed by atoms with Gasteiger partial charge >= 0.3 is 0 Å². The Morgan fingerprint density at radius 3 is 2.36 bits per heavy atom. The highest BCUT2D eigenvalue weighted by molar-refractivity contribution is 7.90. The molecule has 200 valence electrons. The lowest BCUT2D eigenvalue weighted by Crippen LogP contribution is -2.45. The first-order valence-corrected chi connectivity index (χ1v) is 18.0. The zero-order chi connectivity index (χ0) is 26.9. The van der Waals surface area contributed by atoms with Crippen LogP contribution >= 0.6 is 23.2 Å². The summed E-state index contributed by atoms with van der Waals surface area (Å²) in [5.41, 5.74) is 0.311. The topological polar surface area (TPSA) is 63.7 Å². The zero-order valence-corrected chi connectivity index (χ0v) is 25.7. The standard InChI is InChI=1S/C27H39Cl2NO4SSi/c1-24(2,3)36(6,7)34-23(19-11-9-8-10-12-19)27(28,29)16-14-22(31)30-21-17-20-13-15-26(21,25(20,4)5)18-35(30,32)33/h8-12,14,16,20-21,23H,13,15,17-18H2,1-7H3/b16-14+/t20-,21-,23-,26-/m1/s1. The van der Waals surface area contributed by atoms with Gasteiger partial charge in [0.2, 0.25) is 10.0 Å². The van der Waals surface area contributed by atoms with E-state index < -0.39 is 34.7 Å². The quantitative estimate of drug-likeness (QED) is 0.213. The van der Waals surface area contributed by atoms with E-state index in [1.807, 2.05) is 30.3 Å². The van der Waals surface area contributed by atoms with Gasteiger partial charge in [-0.1, -0.05) is 88.2 Å². The van der Waals surface area contributed by atoms with E-state index in [1.54, 1.807) is 0 Å². The number of hydrogen-bond donors (Lipinski definition) is 0. The second-order valence-electron chi connectivity index (χ2n) is 12.9. The van der Waals surface area contributed by atoms with Crippen molar-refractivity contribution in [1.82, 2.24) is 4.31 Å². The summed E-state index contributed by atoms with van der Waals surface area (Å²) < 4.78 is 32.7. The monoisotopic (exact) mass is 571 g/mol. The van der Waals surface area contributed by atoms with E-state index >= 15 is 0 Å². The van der Waals surface area contributed by atoms with Crippen molar-refractivity contribution >= 4 is 47.4 Å². The maximum Gasteiger partial charge on any atom is 0.260 e. The molecule has 4 rings (SSSR count). The third-order valence-electron chi connectivity index (χ3n) is 9.75. The van der Waals surface area contributed by atoms with Gasteiger partial charge in [0.05, 0.1) is 11.8 Å². The normalized spacial score (nSPS) is 30.1. The van der Waals surface area contributed by atoms with Crippen molar-refractivity contribution < 1.29 is 17.6 Å². The molecule has 2 saturated carbocycles. The first-order valence-electron chi connectivity index (χ1n) is 12.7. The number of nitrogens with zero attached hydrogens (tertiary/aromatic N) is 1. The van der Waals surface area contributed by atoms with Crippen molar-refractivity contribution in [3.05, 3.63) is 48.0 Å². The molecule has 1 saturated heterocycles. The highest BCUT2D eigenvalue weighted by Gasteiger charge is 2.72. The van der Waals surface area contributed by atoms with Crippen LogP contribution in [-0.2, 0) is 19.2 Å². The Balaban J connectivity index is 1.64. The van der Waals surface area contributed by atoms with Crippen molar-refractivity contribution in [2.75, 3.05) is 5.75 Å². The van der Waals surface area contributed by atoms with Crippen molar-refractivity contribution in [2.24, 2.45) is 16.7 Å². The molecule has 36 heavy (non-hydrogen) atoms. The molecule has 1 aromatic carbocycles. The summed E-state index contributed by atoms with van der Waals surface area (Å²) in [5.74, 6) is -0.121. The first kappa shape index (κ1) is 28.2. The maximum absolute atomic E-state index is 13.4. The van der Waals surface area contributed by atoms with E-state index in [-0.39, 0.29) is 27.7 Å². The van der Waals surface area contributed by atoms with Crippen LogP contribution in [0, 0.1) is 16.7 Å². The maximum atomic E-state index is 13.4. The molecule has 0 aromatic heterocycles. The Kier molecular flexibility index (Phi) is 6.91. The molecular formula is C27H39Cl2NO4SSi. The molecule has 2 aliphatic carbocycles. The summed E-state index contributed by atoms with van der Waals surface area (Å²) in [6.07, 6.45) is 4.50. The van der Waals surface area contributed by atoms with Gasteiger partial charge in [0.25, 0.3) is 5.91 Å². The number of fused-ring (bicyclic) bond motifs is 1. The van der Waals surface area contributed by atoms with E-state index in [1.165, 1.54) is 12.2 Å². The smallest absolute Gasteiger partial charge is 0.260 e. The average molecular weight is 573 g/mol. The summed E-state index contributed by atoms with van der Waals surface area (Å²) >= 11 is 13.8. The molecule has 0 unspecified atom stereocenters. The molecule has 4 atom stereocenters. The highest BCUT2D eigenvalue weighted by Crippen LogP contribution is 2.70. The van der Waals surface area contributed by atoms with Crippen LogP contribution in [0.2, 0.25) is 18.1 Å². The predicted molar refractivity (Wildman–Crippen MR) is 149 cm³/mol. The molecule has 5 nitrogen and oxygen atoms in total. The van der Waals surface area contributed by atoms with Gasteiger partial charge in [-0.05, 0) is 60.4 Å². The van der Waals surface area contributed by atoms with Gasteiger partial charge in [-0.2, -0.15) is 0 Å². The van der Waals surface area contributed by atoms with Gasteiger partial charge in [0.1, 0.15) is 6.10 Å². The van der Waals surface area contributed by atoms with Gasteiger partial charge in [-0.25, -0.2) is 12.7 Å². The number of carbonyl (C=O) groups excluding carboxylic acids is 1. The van der Waals surface area contributed by atoms with Gasteiger partial charge in [-0.15, -0.1) is 0 Å². The van der Waals surface area contributed by atoms with Crippen LogP contribution in [0.4, 0.5) is 0 Å². The van der Waals surface area contributed by atoms with Crippen molar-refractivity contribution in [3.63, 3.8) is 0 Å². The van der Waals surface area contributed by atoms with Crippen LogP contribution in [0.25, 0.3) is 0 Å². The Bertz CT molecular complexity index is 1160. The summed E-state index contributed by atoms with van der Waals surface area (Å²) in [6.45, 7) is 15.0. The van der Waals surface area contributed by atoms with E-state index in [0.717, 1.165) is 29.1 Å². The molecule has 3 aliphatic rings. The average Bonchev–Trinajstić information content (AvgIpc) is 3.23. The molecule has 1 aliphatic heterocycles. The van der Waals surface area contributed by atoms with Crippen LogP contribution in [-0.4, -0.2) is 43.1 Å². The Morgan fingerprint density at radius 1 is 1.19 bits per heavy atom. The number of hydrogen-bond acceptors (Lipinski definition) is 4. The van der Waals surface area contributed by atoms with E-state index in [9.17, 15) is 13.2 Å². The van der Waals surface area contributed by atoms with Gasteiger partial charge in [0.15, 0.2) is 12.7 Å². The third kappa shape index (κ3) is 4.41. The lowest BCUT2D eigenvalue weighted by Gasteiger charge is -2.42. The summed E-state index contributed by atoms with van der Waals surface area (Å²) in [5, 5.41) is -0.0873. The largest absolute Gasteiger partial charge is 0.407 e. The molecule has 2 bridgehead atoms. The predicted octanol–water partition coefficient (Wildman–Crippen LogP) is 6.85. The lowest BCUT2D eigenvalue weighted by molar-refractivity contribution is -0.124. The first-order chi connectivity index (χ1) is 16.4. The molecule has 9 heteroatoms. The fraction of sp³-hybridized carbons (Fsp3) is 0.667. The summed E-state index contributed by atoms with van der Waals surface area (Å²) in [6, 6.07) is 9.19. The molecule has 0 radical (unpaired) electrons. The number of benzene rings is 1. The van der Waals surface area contributed by atoms with Crippen LogP contribution in [0.5, 0.6) is 0 Å². The highest BCUT2D eigenvalue weighted by atomic mass is 35.5. The fourth-order valence-corrected chi connectivity index (χ4v) is 10.8. The Hall–Kier alpha value is -0.863. The SMILES string of the molecule is CC1(C)[C@@H]2CC[C@]13CS(=O)(=O)N(C(=O)/C=C/C(Cl)(Cl)[C@H](O[Si](C)(C)C(C)(C)C)c1ccccc1)[C@@H]3C2. The molecule has 1 heterocycles. The van der Waals surface area contributed by atoms with Crippen LogP contribution in [0.15, 0.2) is 42.5 Å². The van der Waals surface area contributed by atoms with Gasteiger partial charge in [-0.3, -0.25) is 4.79 Å². The lowest BCUT2D eigenvalue weighted by atomic mass is 9.69. The summed E-state index contributed by atoms with van der Waals surface area (Å²) in [4.78, 5) is 13.4. The number of amides is 1. The van der Waals surface area contributed by atoms with Gasteiger partial charge in [0, 0.05) is 11.5 Å². The van der Waals surface area contributed by atoms with Crippen LogP contribution in [0.3, 0.4) is 0 Å². The second-order valence-corrected chi connectivity index (χ2v) is 21.0. The number of alkyl halides is 2. The summed E-state index contributed by atoms with van der Waals surface area (Å²) in [7, 11) is -6.03. The van der Waals surface area contributed by atoms with E-state index in [0.29, 0.717) is 5.92 Å². The zero-order valence-electron chi connectivity index (χ0n) is 22.3. The third-order valence-corrected chi connectivity index (χ3v) is 16.7. The Labute approximate surface area is 227 Å². The van der Waals surface area contributed by atoms with Crippen molar-refractivity contribution in [2.45, 2.75) is 88.5 Å². The van der Waals surface area contributed by atoms with Gasteiger partial charge < -0.3 is 4.43 Å². The number of sulfonamides is 1. The van der Waals surface area contributed by atoms with Crippen LogP contribution in [0.1, 0.15) is 65.5 Å². The molecule has 1 amide bonds. The number of rotatable bonds is 6. The molecule has 0 N–H and O–H groups in total. The fourth-order valence-electron chi connectivity index (χ4n) is 6.39. The second kappa shape index (κ2) is 8.83. The number of carbonyl (C=O) groups is 1. The molecule has 1 aromatic rings. The van der Waals surface area contributed by atoms with Crippen molar-refractivity contribution in [3.8, 4) is 0 Å². The molecule has 3 fully saturated rings. The molecular weight excluding hydrogens is 533 g/mol. The van der Waals surface area contributed by atoms with E-state index in [4.69, 9.17) is 27.6 Å². The Morgan fingerprint density at radius 2 is 1.81 bits per heavy atom. The van der Waals surface area contributed by atoms with Crippen LogP contribution < -0.4 is 0 Å². The minimum Gasteiger partial charge on any atom is -0.407 e. The minimum absolute atomic E-state index is 0.0295. The number of halogens is 2. The van der Waals surface area contributed by atoms with Crippen molar-refractivity contribution in [1.29, 1.82) is 0 Å². The van der Waals surface area contributed by atoms with E-state index in [2.05, 4.69) is 47.7 Å².